The smallest absolute Gasteiger partial charge is 0.296 e. The fourth-order valence-corrected chi connectivity index (χ4v) is 4.13. The van der Waals surface area contributed by atoms with E-state index in [4.69, 9.17) is 0 Å². The topological polar surface area (TPSA) is 122 Å². The van der Waals surface area contributed by atoms with Gasteiger partial charge in [0.2, 0.25) is 5.75 Å². The van der Waals surface area contributed by atoms with Crippen LogP contribution in [0, 0.1) is 5.82 Å². The highest BCUT2D eigenvalue weighted by molar-refractivity contribution is 7.90. The van der Waals surface area contributed by atoms with Crippen LogP contribution in [0.4, 0.5) is 4.39 Å². The Hall–Kier alpha value is -2.79. The highest BCUT2D eigenvalue weighted by Gasteiger charge is 2.33. The fourth-order valence-electron chi connectivity index (χ4n) is 3.16. The molecule has 9 nitrogen and oxygen atoms in total. The molecule has 2 aromatic rings. The molecule has 1 atom stereocenters. The van der Waals surface area contributed by atoms with Gasteiger partial charge in [0.05, 0.1) is 11.8 Å². The largest absolute Gasteiger partial charge is 0.501 e. The van der Waals surface area contributed by atoms with Crippen molar-refractivity contribution in [2.45, 2.75) is 19.1 Å². The number of halogens is 1. The molecule has 1 aliphatic rings. The minimum atomic E-state index is -3.40. The Labute approximate surface area is 166 Å². The molecule has 0 aliphatic carbocycles. The van der Waals surface area contributed by atoms with Gasteiger partial charge in [-0.2, -0.15) is 0 Å². The van der Waals surface area contributed by atoms with Gasteiger partial charge in [0.25, 0.3) is 11.5 Å². The summed E-state index contributed by atoms with van der Waals surface area (Å²) in [5.41, 5.74) is -0.658. The number of rotatable bonds is 5. The van der Waals surface area contributed by atoms with Crippen LogP contribution in [0.2, 0.25) is 0 Å². The molecule has 2 N–H and O–H groups in total. The van der Waals surface area contributed by atoms with Gasteiger partial charge in [-0.3, -0.25) is 19.1 Å². The van der Waals surface area contributed by atoms with Gasteiger partial charge in [-0.25, -0.2) is 17.8 Å². The summed E-state index contributed by atoms with van der Waals surface area (Å²) in [7, 11) is -1.69. The third kappa shape index (κ3) is 4.62. The second-order valence-corrected chi connectivity index (χ2v) is 9.21. The maximum absolute atomic E-state index is 13.0. The zero-order valence-corrected chi connectivity index (χ0v) is 16.7. The van der Waals surface area contributed by atoms with E-state index in [0.717, 1.165) is 6.26 Å². The normalized spacial score (nSPS) is 17.0. The van der Waals surface area contributed by atoms with Crippen LogP contribution in [-0.2, 0) is 22.9 Å². The number of fused-ring (bicyclic) bond motifs is 1. The maximum atomic E-state index is 13.0. The molecule has 0 saturated heterocycles. The first-order valence-electron chi connectivity index (χ1n) is 8.81. The Bertz CT molecular complexity index is 1100. The molecule has 0 spiro atoms. The standard InChI is InChI=1S/C18H21FN4O5S/c1-22-7-8-23-16(13(22)10-29(2,27)28)21-14(15(24)18(23)26)17(25)20-9-11-3-5-12(19)6-4-11/h3-6,13,24H,7-10H2,1-2H3,(H,20,25). The van der Waals surface area contributed by atoms with Crippen molar-refractivity contribution < 1.29 is 22.7 Å². The summed E-state index contributed by atoms with van der Waals surface area (Å²) in [6.07, 6.45) is 1.08. The van der Waals surface area contributed by atoms with E-state index in [1.54, 1.807) is 11.9 Å². The number of hydrogen-bond acceptors (Lipinski definition) is 7. The van der Waals surface area contributed by atoms with E-state index in [2.05, 4.69) is 10.3 Å². The number of nitrogens with one attached hydrogen (secondary N) is 1. The number of nitrogens with zero attached hydrogens (tertiary/aromatic N) is 3. The minimum Gasteiger partial charge on any atom is -0.501 e. The van der Waals surface area contributed by atoms with Crippen molar-refractivity contribution in [2.24, 2.45) is 0 Å². The third-order valence-electron chi connectivity index (χ3n) is 4.72. The Morgan fingerprint density at radius 2 is 1.97 bits per heavy atom. The van der Waals surface area contributed by atoms with E-state index in [0.29, 0.717) is 12.1 Å². The van der Waals surface area contributed by atoms with Crippen molar-refractivity contribution in [3.05, 3.63) is 57.5 Å². The molecule has 3 rings (SSSR count). The van der Waals surface area contributed by atoms with Crippen molar-refractivity contribution >= 4 is 15.7 Å². The Balaban J connectivity index is 1.93. The second kappa shape index (κ2) is 7.91. The van der Waals surface area contributed by atoms with Crippen LogP contribution < -0.4 is 10.9 Å². The Kier molecular flexibility index (Phi) is 5.71. The van der Waals surface area contributed by atoms with Crippen LogP contribution in [0.15, 0.2) is 29.1 Å². The minimum absolute atomic E-state index is 0.0331. The molecule has 1 aliphatic heterocycles. The number of aromatic nitrogens is 2. The van der Waals surface area contributed by atoms with Gasteiger partial charge in [0.15, 0.2) is 5.69 Å². The SMILES string of the molecule is CN1CCn2c(nc(C(=O)NCc3ccc(F)cc3)c(O)c2=O)C1CS(C)(=O)=O. The van der Waals surface area contributed by atoms with Crippen LogP contribution >= 0.6 is 0 Å². The number of benzene rings is 1. The lowest BCUT2D eigenvalue weighted by Crippen LogP contribution is -2.44. The van der Waals surface area contributed by atoms with E-state index in [1.165, 1.54) is 28.8 Å². The molecule has 0 bridgehead atoms. The highest BCUT2D eigenvalue weighted by atomic mass is 32.2. The molecule has 1 aromatic heterocycles. The monoisotopic (exact) mass is 424 g/mol. The van der Waals surface area contributed by atoms with Crippen LogP contribution in [0.25, 0.3) is 0 Å². The molecule has 11 heteroatoms. The molecule has 2 heterocycles. The van der Waals surface area contributed by atoms with Gasteiger partial charge in [0.1, 0.15) is 21.5 Å². The van der Waals surface area contributed by atoms with Gasteiger partial charge in [-0.15, -0.1) is 0 Å². The van der Waals surface area contributed by atoms with Gasteiger partial charge in [-0.1, -0.05) is 12.1 Å². The molecular weight excluding hydrogens is 403 g/mol. The summed E-state index contributed by atoms with van der Waals surface area (Å²) in [6, 6.07) is 4.74. The molecule has 156 valence electrons. The van der Waals surface area contributed by atoms with Gasteiger partial charge >= 0.3 is 0 Å². The number of hydrogen-bond donors (Lipinski definition) is 2. The lowest BCUT2D eigenvalue weighted by molar-refractivity contribution is 0.0939. The second-order valence-electron chi connectivity index (χ2n) is 7.02. The van der Waals surface area contributed by atoms with Crippen LogP contribution in [0.5, 0.6) is 5.75 Å². The number of likely N-dealkylation sites (N-methyl/N-ethyl adjacent to an activating group) is 1. The van der Waals surface area contributed by atoms with Crippen LogP contribution in [0.1, 0.15) is 27.9 Å². The molecular formula is C18H21FN4O5S. The number of aromatic hydroxyl groups is 1. The summed E-state index contributed by atoms with van der Waals surface area (Å²) in [6.45, 7) is 0.638. The highest BCUT2D eigenvalue weighted by Crippen LogP contribution is 2.25. The van der Waals surface area contributed by atoms with E-state index in [9.17, 15) is 27.5 Å². The van der Waals surface area contributed by atoms with Crippen LogP contribution in [0.3, 0.4) is 0 Å². The van der Waals surface area contributed by atoms with Gasteiger partial charge in [0, 0.05) is 25.9 Å². The van der Waals surface area contributed by atoms with E-state index in [1.807, 2.05) is 0 Å². The van der Waals surface area contributed by atoms with Crippen molar-refractivity contribution in [1.82, 2.24) is 19.8 Å². The molecule has 29 heavy (non-hydrogen) atoms. The summed E-state index contributed by atoms with van der Waals surface area (Å²) in [5, 5.41) is 12.7. The van der Waals surface area contributed by atoms with Crippen molar-refractivity contribution in [2.75, 3.05) is 25.6 Å². The van der Waals surface area contributed by atoms with Crippen molar-refractivity contribution in [3.63, 3.8) is 0 Å². The first-order chi connectivity index (χ1) is 13.6. The molecule has 1 amide bonds. The molecule has 1 aromatic carbocycles. The lowest BCUT2D eigenvalue weighted by atomic mass is 10.2. The summed E-state index contributed by atoms with van der Waals surface area (Å²) < 4.78 is 37.8. The molecule has 0 fully saturated rings. The molecule has 0 saturated carbocycles. The Morgan fingerprint density at radius 3 is 2.59 bits per heavy atom. The predicted molar refractivity (Wildman–Crippen MR) is 103 cm³/mol. The zero-order valence-electron chi connectivity index (χ0n) is 15.9. The van der Waals surface area contributed by atoms with Crippen molar-refractivity contribution in [3.8, 4) is 5.75 Å². The molecule has 1 unspecified atom stereocenters. The maximum Gasteiger partial charge on any atom is 0.296 e. The van der Waals surface area contributed by atoms with Crippen LogP contribution in [-0.4, -0.2) is 59.5 Å². The average molecular weight is 424 g/mol. The summed E-state index contributed by atoms with van der Waals surface area (Å²) in [4.78, 5) is 31.0. The molecule has 0 radical (unpaired) electrons. The number of carbonyl (C=O) groups is 1. The van der Waals surface area contributed by atoms with Crippen molar-refractivity contribution in [1.29, 1.82) is 0 Å². The van der Waals surface area contributed by atoms with Gasteiger partial charge < -0.3 is 10.4 Å². The van der Waals surface area contributed by atoms with Gasteiger partial charge in [-0.05, 0) is 24.7 Å². The average Bonchev–Trinajstić information content (AvgIpc) is 2.65. The first-order valence-corrected chi connectivity index (χ1v) is 10.9. The third-order valence-corrected chi connectivity index (χ3v) is 5.64. The summed E-state index contributed by atoms with van der Waals surface area (Å²) in [5.74, 6) is -2.18. The predicted octanol–water partition coefficient (Wildman–Crippen LogP) is 0.0491. The Morgan fingerprint density at radius 1 is 1.31 bits per heavy atom. The first kappa shape index (κ1) is 20.9. The van der Waals surface area contributed by atoms with E-state index < -0.39 is 44.6 Å². The number of carbonyl (C=O) groups excluding carboxylic acids is 1. The number of amides is 1. The fraction of sp³-hybridized carbons (Fsp3) is 0.389. The summed E-state index contributed by atoms with van der Waals surface area (Å²) >= 11 is 0. The van der Waals surface area contributed by atoms with E-state index in [-0.39, 0.29) is 24.7 Å². The van der Waals surface area contributed by atoms with E-state index >= 15 is 0 Å². The zero-order chi connectivity index (χ0) is 21.3. The number of sulfone groups is 1. The lowest BCUT2D eigenvalue weighted by Gasteiger charge is -2.34. The quantitative estimate of drug-likeness (QED) is 0.695.